The quantitative estimate of drug-likeness (QED) is 0.862. The minimum absolute atomic E-state index is 0.0237. The second-order valence-electron chi connectivity index (χ2n) is 4.26. The van der Waals surface area contributed by atoms with E-state index < -0.39 is 10.0 Å². The van der Waals surface area contributed by atoms with Gasteiger partial charge >= 0.3 is 0 Å². The minimum Gasteiger partial charge on any atom is -0.391 e. The molecular formula is C10H14BrNO3S2. The molecule has 0 bridgehead atoms. The van der Waals surface area contributed by atoms with E-state index in [2.05, 4.69) is 20.7 Å². The topological polar surface area (TPSA) is 66.4 Å². The van der Waals surface area contributed by atoms with Gasteiger partial charge in [-0.15, -0.1) is 11.3 Å². The van der Waals surface area contributed by atoms with Crippen LogP contribution in [0.2, 0.25) is 0 Å². The summed E-state index contributed by atoms with van der Waals surface area (Å²) < 4.78 is 27.4. The van der Waals surface area contributed by atoms with Gasteiger partial charge in [-0.1, -0.05) is 0 Å². The maximum Gasteiger partial charge on any atom is 0.242 e. The van der Waals surface area contributed by atoms with Gasteiger partial charge in [-0.05, 0) is 47.7 Å². The lowest BCUT2D eigenvalue weighted by Crippen LogP contribution is -2.33. The van der Waals surface area contributed by atoms with E-state index in [1.165, 1.54) is 17.4 Å². The second-order valence-corrected chi connectivity index (χ2v) is 8.39. The van der Waals surface area contributed by atoms with E-state index in [4.69, 9.17) is 5.11 Å². The summed E-state index contributed by atoms with van der Waals surface area (Å²) in [6.07, 6.45) is 2.19. The molecule has 1 saturated carbocycles. The Kier molecular flexibility index (Phi) is 3.94. The summed E-state index contributed by atoms with van der Waals surface area (Å²) >= 11 is 4.46. The van der Waals surface area contributed by atoms with Crippen LogP contribution >= 0.6 is 27.3 Å². The summed E-state index contributed by atoms with van der Waals surface area (Å²) in [5.41, 5.74) is 0. The molecule has 1 aliphatic rings. The van der Waals surface area contributed by atoms with E-state index in [1.807, 2.05) is 6.92 Å². The van der Waals surface area contributed by atoms with Crippen LogP contribution in [-0.2, 0) is 16.6 Å². The van der Waals surface area contributed by atoms with Crippen LogP contribution in [0.25, 0.3) is 0 Å². The average Bonchev–Trinajstić information content (AvgIpc) is 3.01. The van der Waals surface area contributed by atoms with Crippen LogP contribution in [0.1, 0.15) is 24.6 Å². The molecule has 0 radical (unpaired) electrons. The number of rotatable bonds is 5. The van der Waals surface area contributed by atoms with E-state index in [0.29, 0.717) is 14.6 Å². The molecule has 7 heteroatoms. The maximum absolute atomic E-state index is 12.1. The van der Waals surface area contributed by atoms with Gasteiger partial charge in [0, 0.05) is 10.9 Å². The van der Waals surface area contributed by atoms with Gasteiger partial charge in [0.2, 0.25) is 10.0 Å². The molecule has 1 aromatic heterocycles. The second kappa shape index (κ2) is 4.97. The van der Waals surface area contributed by atoms with E-state index in [0.717, 1.165) is 12.8 Å². The third kappa shape index (κ3) is 3.08. The van der Waals surface area contributed by atoms with Crippen molar-refractivity contribution in [2.75, 3.05) is 0 Å². The van der Waals surface area contributed by atoms with Crippen molar-refractivity contribution >= 4 is 37.3 Å². The molecule has 4 nitrogen and oxygen atoms in total. The molecule has 0 amide bonds. The summed E-state index contributed by atoms with van der Waals surface area (Å²) in [4.78, 5) is 0.857. The summed E-state index contributed by atoms with van der Waals surface area (Å²) in [5, 5.41) is 9.00. The normalized spacial score (nSPS) is 18.3. The van der Waals surface area contributed by atoms with Crippen molar-refractivity contribution in [3.05, 3.63) is 14.7 Å². The number of sulfonamides is 1. The highest BCUT2D eigenvalue weighted by molar-refractivity contribution is 9.11. The van der Waals surface area contributed by atoms with Crippen LogP contribution in [0.5, 0.6) is 0 Å². The van der Waals surface area contributed by atoms with E-state index >= 15 is 0 Å². The van der Waals surface area contributed by atoms with Gasteiger partial charge in [0.15, 0.2) is 0 Å². The zero-order valence-corrected chi connectivity index (χ0v) is 12.5. The van der Waals surface area contributed by atoms with E-state index in [-0.39, 0.29) is 17.5 Å². The summed E-state index contributed by atoms with van der Waals surface area (Å²) in [6, 6.07) is 1.49. The molecule has 0 aliphatic heterocycles. The Labute approximate surface area is 113 Å². The van der Waals surface area contributed by atoms with E-state index in [9.17, 15) is 8.42 Å². The van der Waals surface area contributed by atoms with Crippen molar-refractivity contribution in [1.29, 1.82) is 0 Å². The number of halogens is 1. The van der Waals surface area contributed by atoms with Gasteiger partial charge in [-0.3, -0.25) is 0 Å². The lowest BCUT2D eigenvalue weighted by Gasteiger charge is -2.12. The van der Waals surface area contributed by atoms with Crippen molar-refractivity contribution in [3.63, 3.8) is 0 Å². The first-order valence-corrected chi connectivity index (χ1v) is 8.44. The highest BCUT2D eigenvalue weighted by Gasteiger charge is 2.32. The van der Waals surface area contributed by atoms with Crippen LogP contribution in [0.3, 0.4) is 0 Å². The highest BCUT2D eigenvalue weighted by Crippen LogP contribution is 2.35. The van der Waals surface area contributed by atoms with Gasteiger partial charge in [0.25, 0.3) is 0 Å². The van der Waals surface area contributed by atoms with E-state index in [1.54, 1.807) is 0 Å². The lowest BCUT2D eigenvalue weighted by atomic mass is 10.2. The Morgan fingerprint density at radius 3 is 2.76 bits per heavy atom. The number of hydrogen-bond acceptors (Lipinski definition) is 4. The Hall–Kier alpha value is 0.0500. The number of aliphatic hydroxyl groups excluding tert-OH is 1. The van der Waals surface area contributed by atoms with Crippen LogP contribution < -0.4 is 4.72 Å². The fourth-order valence-electron chi connectivity index (χ4n) is 1.66. The Balaban J connectivity index is 2.20. The van der Waals surface area contributed by atoms with Crippen LogP contribution in [0.4, 0.5) is 0 Å². The third-order valence-electron chi connectivity index (χ3n) is 2.82. The first-order chi connectivity index (χ1) is 7.94. The number of thiophene rings is 1. The molecule has 2 rings (SSSR count). The van der Waals surface area contributed by atoms with Gasteiger partial charge < -0.3 is 5.11 Å². The van der Waals surface area contributed by atoms with Gasteiger partial charge in [-0.2, -0.15) is 0 Å². The molecule has 1 aromatic rings. The van der Waals surface area contributed by atoms with Crippen molar-refractivity contribution in [3.8, 4) is 0 Å². The predicted molar refractivity (Wildman–Crippen MR) is 70.4 cm³/mol. The molecular weight excluding hydrogens is 326 g/mol. The molecule has 1 atom stereocenters. The highest BCUT2D eigenvalue weighted by atomic mass is 79.9. The zero-order chi connectivity index (χ0) is 12.6. The summed E-state index contributed by atoms with van der Waals surface area (Å²) in [7, 11) is -3.48. The smallest absolute Gasteiger partial charge is 0.242 e. The molecule has 1 aliphatic carbocycles. The van der Waals surface area contributed by atoms with Crippen LogP contribution in [0.15, 0.2) is 14.7 Å². The monoisotopic (exact) mass is 339 g/mol. The molecule has 1 unspecified atom stereocenters. The predicted octanol–water partition coefficient (Wildman–Crippen LogP) is 2.08. The molecule has 0 spiro atoms. The average molecular weight is 340 g/mol. The lowest BCUT2D eigenvalue weighted by molar-refractivity contribution is 0.285. The summed E-state index contributed by atoms with van der Waals surface area (Å²) in [5.74, 6) is 0.472. The number of aliphatic hydroxyl groups is 1. The van der Waals surface area contributed by atoms with Crippen LogP contribution in [0, 0.1) is 5.92 Å². The maximum atomic E-state index is 12.1. The molecule has 96 valence electrons. The van der Waals surface area contributed by atoms with Gasteiger partial charge in [0.05, 0.1) is 10.4 Å². The molecule has 17 heavy (non-hydrogen) atoms. The molecule has 0 saturated heterocycles. The Morgan fingerprint density at radius 1 is 1.65 bits per heavy atom. The standard InChI is InChI=1S/C10H14BrNO3S2/c1-6(7-2-3-7)12-17(14,15)9-4-8(5-13)16-10(9)11/h4,6-7,12-13H,2-3,5H2,1H3. The molecule has 0 aromatic carbocycles. The van der Waals surface area contributed by atoms with Crippen molar-refractivity contribution in [1.82, 2.24) is 4.72 Å². The molecule has 1 heterocycles. The zero-order valence-electron chi connectivity index (χ0n) is 9.31. The van der Waals surface area contributed by atoms with Crippen molar-refractivity contribution < 1.29 is 13.5 Å². The van der Waals surface area contributed by atoms with Crippen LogP contribution in [-0.4, -0.2) is 19.6 Å². The SMILES string of the molecule is CC(NS(=O)(=O)c1cc(CO)sc1Br)C1CC1. The minimum atomic E-state index is -3.48. The Morgan fingerprint density at radius 2 is 2.29 bits per heavy atom. The Bertz CT molecular complexity index is 508. The van der Waals surface area contributed by atoms with Crippen molar-refractivity contribution in [2.24, 2.45) is 5.92 Å². The molecule has 2 N–H and O–H groups in total. The summed E-state index contributed by atoms with van der Waals surface area (Å²) in [6.45, 7) is 1.75. The van der Waals surface area contributed by atoms with Crippen molar-refractivity contribution in [2.45, 2.75) is 37.3 Å². The fraction of sp³-hybridized carbons (Fsp3) is 0.600. The first-order valence-electron chi connectivity index (χ1n) is 5.35. The number of nitrogens with one attached hydrogen (secondary N) is 1. The first kappa shape index (κ1) is 13.5. The molecule has 1 fully saturated rings. The largest absolute Gasteiger partial charge is 0.391 e. The fourth-order valence-corrected chi connectivity index (χ4v) is 5.51. The van der Waals surface area contributed by atoms with Gasteiger partial charge in [-0.25, -0.2) is 13.1 Å². The third-order valence-corrected chi connectivity index (χ3v) is 6.62. The number of hydrogen-bond donors (Lipinski definition) is 2. The van der Waals surface area contributed by atoms with Gasteiger partial charge in [0.1, 0.15) is 4.90 Å².